The molecular weight excluding hydrogens is 465 g/mol. The van der Waals surface area contributed by atoms with Crippen molar-refractivity contribution in [2.24, 2.45) is 34.5 Å². The van der Waals surface area contributed by atoms with Crippen LogP contribution in [-0.4, -0.2) is 55.5 Å². The van der Waals surface area contributed by atoms with Crippen molar-refractivity contribution >= 4 is 5.78 Å². The largest absolute Gasteiger partial charge is 0.459 e. The van der Waals surface area contributed by atoms with E-state index in [4.69, 9.17) is 4.74 Å². The predicted molar refractivity (Wildman–Crippen MR) is 117 cm³/mol. The molecule has 8 atom stereocenters. The van der Waals surface area contributed by atoms with Gasteiger partial charge in [-0.3, -0.25) is 4.79 Å². The Kier molecular flexibility index (Phi) is 5.13. The maximum atomic E-state index is 14.1. The number of aromatic nitrogens is 2. The minimum atomic E-state index is -4.60. The van der Waals surface area contributed by atoms with Gasteiger partial charge in [0.25, 0.3) is 0 Å². The van der Waals surface area contributed by atoms with Gasteiger partial charge in [0.05, 0.1) is 11.0 Å². The normalized spacial score (nSPS) is 41.7. The van der Waals surface area contributed by atoms with E-state index in [2.05, 4.69) is 23.8 Å². The molecule has 5 rings (SSSR count). The lowest BCUT2D eigenvalue weighted by Crippen LogP contribution is -2.65. The number of carbonyl (C=O) groups excluding carboxylic acids is 1. The molecule has 1 aromatic rings. The summed E-state index contributed by atoms with van der Waals surface area (Å²) in [5, 5.41) is 34.5. The number of aliphatic hydroxyl groups is 3. The second kappa shape index (κ2) is 7.36. The molecule has 4 aliphatic rings. The Bertz CT molecular complexity index is 1130. The number of allylic oxidation sites excluding steroid dienone is 1. The van der Waals surface area contributed by atoms with Gasteiger partial charge in [0.15, 0.2) is 5.78 Å². The molecule has 1 aromatic heterocycles. The van der Waals surface area contributed by atoms with Crippen molar-refractivity contribution < 1.29 is 38.0 Å². The molecule has 35 heavy (non-hydrogen) atoms. The summed E-state index contributed by atoms with van der Waals surface area (Å²) < 4.78 is 43.9. The number of alkyl halides is 3. The molecule has 190 valence electrons. The summed E-state index contributed by atoms with van der Waals surface area (Å²) in [6, 6.07) is -0.345. The maximum Gasteiger partial charge on any atom is 0.419 e. The van der Waals surface area contributed by atoms with E-state index in [0.717, 1.165) is 0 Å². The van der Waals surface area contributed by atoms with E-state index in [9.17, 15) is 33.3 Å². The van der Waals surface area contributed by atoms with Crippen LogP contribution < -0.4 is 4.74 Å². The smallest absolute Gasteiger partial charge is 0.419 e. The van der Waals surface area contributed by atoms with E-state index in [-0.39, 0.29) is 47.1 Å². The first-order valence-electron chi connectivity index (χ1n) is 11.7. The van der Waals surface area contributed by atoms with E-state index >= 15 is 0 Å². The molecule has 0 aliphatic heterocycles. The standard InChI is InChI=1S/C25H29F3N2O5/c1-11-7-23-12(2)5-16-17(22(16,3)4)15(20(23)33)6-13(19(32)24(23,34)18(11)31)10-35-21-29-8-14(9-30-21)25(26,27)28/h6-9,12,15-19,31-32,34H,5,10H2,1-4H3/t12-,15+,16-,17+,18+,19-,23+,24-/m1/s1. The second-order valence-corrected chi connectivity index (χ2v) is 11.2. The molecule has 7 nitrogen and oxygen atoms in total. The Balaban J connectivity index is 1.54. The first-order chi connectivity index (χ1) is 16.2. The lowest BCUT2D eigenvalue weighted by molar-refractivity contribution is -0.190. The number of aliphatic hydroxyl groups excluding tert-OH is 2. The summed E-state index contributed by atoms with van der Waals surface area (Å²) in [5.74, 6) is -0.970. The molecule has 0 unspecified atom stereocenters. The second-order valence-electron chi connectivity index (χ2n) is 11.2. The summed E-state index contributed by atoms with van der Waals surface area (Å²) in [6.07, 6.45) is -2.62. The van der Waals surface area contributed by atoms with Gasteiger partial charge in [0, 0.05) is 18.3 Å². The van der Waals surface area contributed by atoms with Gasteiger partial charge in [-0.1, -0.05) is 32.9 Å². The Morgan fingerprint density at radius 2 is 1.80 bits per heavy atom. The third-order valence-electron chi connectivity index (χ3n) is 9.07. The number of hydrogen-bond acceptors (Lipinski definition) is 7. The molecule has 2 saturated carbocycles. The van der Waals surface area contributed by atoms with Gasteiger partial charge in [-0.2, -0.15) is 13.2 Å². The molecule has 1 spiro atoms. The summed E-state index contributed by atoms with van der Waals surface area (Å²) >= 11 is 0. The zero-order chi connectivity index (χ0) is 25.7. The number of halogens is 3. The molecular formula is C25H29F3N2O5. The molecule has 4 aliphatic carbocycles. The molecule has 0 saturated heterocycles. The summed E-state index contributed by atoms with van der Waals surface area (Å²) in [7, 11) is 0. The summed E-state index contributed by atoms with van der Waals surface area (Å²) in [4.78, 5) is 21.3. The minimum absolute atomic E-state index is 0.00450. The lowest BCUT2D eigenvalue weighted by Gasteiger charge is -2.48. The molecule has 0 amide bonds. The van der Waals surface area contributed by atoms with Crippen molar-refractivity contribution in [3.63, 3.8) is 0 Å². The van der Waals surface area contributed by atoms with Crippen molar-refractivity contribution in [2.75, 3.05) is 6.61 Å². The van der Waals surface area contributed by atoms with Crippen LogP contribution in [0.25, 0.3) is 0 Å². The van der Waals surface area contributed by atoms with Crippen molar-refractivity contribution in [1.82, 2.24) is 9.97 Å². The average molecular weight is 495 g/mol. The number of carbonyl (C=O) groups is 1. The fourth-order valence-electron chi connectivity index (χ4n) is 7.10. The topological polar surface area (TPSA) is 113 Å². The van der Waals surface area contributed by atoms with Gasteiger partial charge >= 0.3 is 12.2 Å². The number of hydrogen-bond donors (Lipinski definition) is 3. The number of Topliss-reactive ketones (excluding diaryl/α,β-unsaturated/α-hetero) is 1. The maximum absolute atomic E-state index is 14.1. The fraction of sp³-hybridized carbons (Fsp3) is 0.640. The van der Waals surface area contributed by atoms with Gasteiger partial charge in [0.2, 0.25) is 0 Å². The van der Waals surface area contributed by atoms with Crippen LogP contribution in [0, 0.1) is 34.5 Å². The Morgan fingerprint density at radius 1 is 1.17 bits per heavy atom. The monoisotopic (exact) mass is 494 g/mol. The average Bonchev–Trinajstić information content (AvgIpc) is 3.29. The quantitative estimate of drug-likeness (QED) is 0.554. The van der Waals surface area contributed by atoms with E-state index < -0.39 is 40.9 Å². The van der Waals surface area contributed by atoms with E-state index in [0.29, 0.717) is 24.4 Å². The van der Waals surface area contributed by atoms with Gasteiger partial charge in [-0.25, -0.2) is 9.97 Å². The Labute approximate surface area is 200 Å². The molecule has 0 radical (unpaired) electrons. The van der Waals surface area contributed by atoms with Crippen LogP contribution in [0.5, 0.6) is 6.01 Å². The van der Waals surface area contributed by atoms with Crippen molar-refractivity contribution in [2.45, 2.75) is 58.1 Å². The number of nitrogens with zero attached hydrogens (tertiary/aromatic N) is 2. The van der Waals surface area contributed by atoms with Crippen LogP contribution in [0.15, 0.2) is 35.7 Å². The molecule has 1 heterocycles. The molecule has 2 fully saturated rings. The third-order valence-corrected chi connectivity index (χ3v) is 9.07. The van der Waals surface area contributed by atoms with E-state index in [1.54, 1.807) is 19.1 Å². The SMILES string of the molecule is CC1=C[C@]23C(=O)[C@@H](C=C(COc4ncc(C(F)(F)F)cn4)[C@@H](O)[C@]2(O)[C@H]1O)[C@H]1[C@@H](C[C@H]3C)C1(C)C. The lowest BCUT2D eigenvalue weighted by atomic mass is 9.59. The van der Waals surface area contributed by atoms with Crippen LogP contribution in [0.1, 0.15) is 39.7 Å². The summed E-state index contributed by atoms with van der Waals surface area (Å²) in [6.45, 7) is 7.33. The van der Waals surface area contributed by atoms with Crippen LogP contribution in [0.4, 0.5) is 13.2 Å². The summed E-state index contributed by atoms with van der Waals surface area (Å²) in [5.41, 5.74) is -4.26. The Morgan fingerprint density at radius 3 is 2.40 bits per heavy atom. The Hall–Kier alpha value is -2.30. The zero-order valence-electron chi connectivity index (χ0n) is 19.9. The number of fused-ring (bicyclic) bond motifs is 3. The molecule has 10 heteroatoms. The van der Waals surface area contributed by atoms with Crippen molar-refractivity contribution in [3.05, 3.63) is 41.3 Å². The molecule has 0 aromatic carbocycles. The highest BCUT2D eigenvalue weighted by Gasteiger charge is 2.75. The highest BCUT2D eigenvalue weighted by molar-refractivity contribution is 5.95. The fourth-order valence-corrected chi connectivity index (χ4v) is 7.10. The number of ketones is 1. The van der Waals surface area contributed by atoms with Gasteiger partial charge < -0.3 is 20.1 Å². The third kappa shape index (κ3) is 3.12. The zero-order valence-corrected chi connectivity index (χ0v) is 19.9. The van der Waals surface area contributed by atoms with Crippen molar-refractivity contribution in [3.8, 4) is 6.01 Å². The number of ether oxygens (including phenoxy) is 1. The van der Waals surface area contributed by atoms with Crippen LogP contribution in [-0.2, 0) is 11.0 Å². The van der Waals surface area contributed by atoms with Crippen LogP contribution >= 0.6 is 0 Å². The predicted octanol–water partition coefficient (Wildman–Crippen LogP) is 2.71. The van der Waals surface area contributed by atoms with E-state index in [1.807, 2.05) is 6.92 Å². The molecule has 3 N–H and O–H groups in total. The van der Waals surface area contributed by atoms with Gasteiger partial charge in [0.1, 0.15) is 24.4 Å². The van der Waals surface area contributed by atoms with Gasteiger partial charge in [-0.05, 0) is 47.7 Å². The highest BCUT2D eigenvalue weighted by atomic mass is 19.4. The van der Waals surface area contributed by atoms with Gasteiger partial charge in [-0.15, -0.1) is 0 Å². The highest BCUT2D eigenvalue weighted by Crippen LogP contribution is 2.71. The number of rotatable bonds is 3. The van der Waals surface area contributed by atoms with Crippen LogP contribution in [0.2, 0.25) is 0 Å². The van der Waals surface area contributed by atoms with E-state index in [1.165, 1.54) is 0 Å². The van der Waals surface area contributed by atoms with Crippen LogP contribution in [0.3, 0.4) is 0 Å². The minimum Gasteiger partial charge on any atom is -0.459 e. The first kappa shape index (κ1) is 24.4. The first-order valence-corrected chi connectivity index (χ1v) is 11.7. The van der Waals surface area contributed by atoms with Crippen molar-refractivity contribution in [1.29, 1.82) is 0 Å². The molecule has 2 bridgehead atoms.